The molecule has 1 fully saturated rings. The third-order valence-electron chi connectivity index (χ3n) is 2.93. The molecule has 1 aromatic carbocycles. The highest BCUT2D eigenvalue weighted by Crippen LogP contribution is 2.29. The second kappa shape index (κ2) is 5.07. The second-order valence-corrected chi connectivity index (χ2v) is 4.98. The average Bonchev–Trinajstić information content (AvgIpc) is 2.73. The molecule has 1 unspecified atom stereocenters. The zero-order valence-electron chi connectivity index (χ0n) is 9.79. The molecule has 0 amide bonds. The van der Waals surface area contributed by atoms with Gasteiger partial charge in [-0.1, -0.05) is 31.5 Å². The van der Waals surface area contributed by atoms with Crippen LogP contribution in [0.2, 0.25) is 5.02 Å². The zero-order valence-corrected chi connectivity index (χ0v) is 10.6. The maximum atomic E-state index is 6.21. The number of benzene rings is 1. The molecule has 88 valence electrons. The molecular weight excluding hydrogens is 222 g/mol. The maximum Gasteiger partial charge on any atom is 0.138 e. The Kier molecular flexibility index (Phi) is 3.72. The van der Waals surface area contributed by atoms with Gasteiger partial charge in [0.25, 0.3) is 0 Å². The number of rotatable bonds is 3. The summed E-state index contributed by atoms with van der Waals surface area (Å²) in [6.45, 7) is 6.27. The monoisotopic (exact) mass is 239 g/mol. The van der Waals surface area contributed by atoms with Crippen molar-refractivity contribution in [2.75, 3.05) is 13.1 Å². The van der Waals surface area contributed by atoms with E-state index in [1.54, 1.807) is 0 Å². The maximum absolute atomic E-state index is 6.21. The number of hydrogen-bond acceptors (Lipinski definition) is 2. The van der Waals surface area contributed by atoms with E-state index in [0.29, 0.717) is 5.92 Å². The largest absolute Gasteiger partial charge is 0.487 e. The van der Waals surface area contributed by atoms with Crippen LogP contribution in [-0.2, 0) is 0 Å². The Balaban J connectivity index is 2.09. The molecule has 1 aliphatic rings. The lowest BCUT2D eigenvalue weighted by molar-refractivity contribution is 0.223. The molecule has 0 aromatic heterocycles. The van der Waals surface area contributed by atoms with Crippen molar-refractivity contribution in [1.29, 1.82) is 0 Å². The van der Waals surface area contributed by atoms with Gasteiger partial charge in [0.2, 0.25) is 0 Å². The highest BCUT2D eigenvalue weighted by molar-refractivity contribution is 6.32. The van der Waals surface area contributed by atoms with E-state index in [0.717, 1.165) is 30.3 Å². The van der Waals surface area contributed by atoms with Crippen LogP contribution < -0.4 is 10.1 Å². The van der Waals surface area contributed by atoms with Crippen LogP contribution in [-0.4, -0.2) is 19.2 Å². The number of hydrogen-bond donors (Lipinski definition) is 1. The minimum atomic E-state index is 0.266. The van der Waals surface area contributed by atoms with Crippen LogP contribution in [0, 0.1) is 0 Å². The Hall–Kier alpha value is -0.730. The predicted octanol–water partition coefficient (Wildman–Crippen LogP) is 3.20. The topological polar surface area (TPSA) is 21.3 Å². The summed E-state index contributed by atoms with van der Waals surface area (Å²) in [6.07, 6.45) is 1.32. The lowest BCUT2D eigenvalue weighted by atomic mass is 10.0. The van der Waals surface area contributed by atoms with E-state index >= 15 is 0 Å². The molecule has 1 heterocycles. The van der Waals surface area contributed by atoms with Gasteiger partial charge < -0.3 is 10.1 Å². The molecule has 16 heavy (non-hydrogen) atoms. The van der Waals surface area contributed by atoms with Gasteiger partial charge in [0.1, 0.15) is 11.9 Å². The van der Waals surface area contributed by atoms with Gasteiger partial charge >= 0.3 is 0 Å². The zero-order chi connectivity index (χ0) is 11.5. The Bertz CT molecular complexity index is 359. The fourth-order valence-corrected chi connectivity index (χ4v) is 2.11. The Morgan fingerprint density at radius 1 is 1.44 bits per heavy atom. The second-order valence-electron chi connectivity index (χ2n) is 4.58. The van der Waals surface area contributed by atoms with Crippen LogP contribution in [0.4, 0.5) is 0 Å². The molecule has 0 saturated carbocycles. The predicted molar refractivity (Wildman–Crippen MR) is 67.4 cm³/mol. The molecule has 2 rings (SSSR count). The summed E-state index contributed by atoms with van der Waals surface area (Å²) >= 11 is 6.21. The first-order valence-corrected chi connectivity index (χ1v) is 6.21. The molecule has 0 radical (unpaired) electrons. The first-order valence-electron chi connectivity index (χ1n) is 5.83. The van der Waals surface area contributed by atoms with Crippen LogP contribution >= 0.6 is 11.6 Å². The van der Waals surface area contributed by atoms with E-state index in [9.17, 15) is 0 Å². The van der Waals surface area contributed by atoms with Gasteiger partial charge in [0, 0.05) is 6.54 Å². The minimum Gasteiger partial charge on any atom is -0.487 e. The summed E-state index contributed by atoms with van der Waals surface area (Å²) in [5.74, 6) is 1.31. The number of ether oxygens (including phenoxy) is 1. The standard InChI is InChI=1S/C13H18ClNO/c1-9(2)10-3-4-13(12(14)7-10)16-11-5-6-15-8-11/h3-4,7,9,11,15H,5-6,8H2,1-2H3. The molecule has 2 nitrogen and oxygen atoms in total. The lowest BCUT2D eigenvalue weighted by Gasteiger charge is -2.15. The van der Waals surface area contributed by atoms with Gasteiger partial charge in [-0.15, -0.1) is 0 Å². The SMILES string of the molecule is CC(C)c1ccc(OC2CCNC2)c(Cl)c1. The van der Waals surface area contributed by atoms with Crippen LogP contribution in [0.5, 0.6) is 5.75 Å². The molecule has 1 aromatic rings. The highest BCUT2D eigenvalue weighted by Gasteiger charge is 2.17. The van der Waals surface area contributed by atoms with E-state index in [1.807, 2.05) is 12.1 Å². The summed E-state index contributed by atoms with van der Waals surface area (Å²) in [7, 11) is 0. The molecule has 1 aliphatic heterocycles. The van der Waals surface area contributed by atoms with Gasteiger partial charge in [-0.3, -0.25) is 0 Å². The van der Waals surface area contributed by atoms with Crippen molar-refractivity contribution < 1.29 is 4.74 Å². The summed E-state index contributed by atoms with van der Waals surface area (Å²) < 4.78 is 5.85. The number of nitrogens with one attached hydrogen (secondary N) is 1. The van der Waals surface area contributed by atoms with Crippen LogP contribution in [0.15, 0.2) is 18.2 Å². The van der Waals surface area contributed by atoms with Gasteiger partial charge in [-0.05, 0) is 36.6 Å². The van der Waals surface area contributed by atoms with Gasteiger partial charge in [-0.25, -0.2) is 0 Å². The molecule has 3 heteroatoms. The fraction of sp³-hybridized carbons (Fsp3) is 0.538. The van der Waals surface area contributed by atoms with Crippen molar-refractivity contribution in [2.24, 2.45) is 0 Å². The van der Waals surface area contributed by atoms with Gasteiger partial charge in [0.05, 0.1) is 5.02 Å². The highest BCUT2D eigenvalue weighted by atomic mass is 35.5. The van der Waals surface area contributed by atoms with E-state index < -0.39 is 0 Å². The smallest absolute Gasteiger partial charge is 0.138 e. The molecule has 0 bridgehead atoms. The van der Waals surface area contributed by atoms with Crippen LogP contribution in [0.1, 0.15) is 31.7 Å². The summed E-state index contributed by atoms with van der Waals surface area (Å²) in [5.41, 5.74) is 1.25. The van der Waals surface area contributed by atoms with Crippen LogP contribution in [0.3, 0.4) is 0 Å². The van der Waals surface area contributed by atoms with E-state index in [2.05, 4.69) is 25.2 Å². The normalized spacial score (nSPS) is 20.4. The first-order chi connectivity index (χ1) is 7.66. The molecule has 1 saturated heterocycles. The summed E-state index contributed by atoms with van der Waals surface area (Å²) in [6, 6.07) is 6.08. The molecule has 0 spiro atoms. The Morgan fingerprint density at radius 3 is 2.81 bits per heavy atom. The van der Waals surface area contributed by atoms with Crippen molar-refractivity contribution in [3.63, 3.8) is 0 Å². The lowest BCUT2D eigenvalue weighted by Crippen LogP contribution is -2.19. The minimum absolute atomic E-state index is 0.266. The van der Waals surface area contributed by atoms with Crippen molar-refractivity contribution in [2.45, 2.75) is 32.3 Å². The average molecular weight is 240 g/mol. The molecule has 1 N–H and O–H groups in total. The molecule has 1 atom stereocenters. The van der Waals surface area contributed by atoms with Crippen LogP contribution in [0.25, 0.3) is 0 Å². The molecule has 0 aliphatic carbocycles. The first kappa shape index (κ1) is 11.7. The van der Waals surface area contributed by atoms with Crippen molar-refractivity contribution >= 4 is 11.6 Å². The third-order valence-corrected chi connectivity index (χ3v) is 3.23. The Labute approximate surface area is 102 Å². The Morgan fingerprint density at radius 2 is 2.25 bits per heavy atom. The van der Waals surface area contributed by atoms with E-state index in [-0.39, 0.29) is 6.10 Å². The fourth-order valence-electron chi connectivity index (χ4n) is 1.88. The summed E-state index contributed by atoms with van der Waals surface area (Å²) in [4.78, 5) is 0. The van der Waals surface area contributed by atoms with E-state index in [4.69, 9.17) is 16.3 Å². The third kappa shape index (κ3) is 2.69. The quantitative estimate of drug-likeness (QED) is 0.875. The molecular formula is C13H18ClNO. The van der Waals surface area contributed by atoms with Crippen molar-refractivity contribution in [3.05, 3.63) is 28.8 Å². The number of halogens is 1. The van der Waals surface area contributed by atoms with Crippen molar-refractivity contribution in [1.82, 2.24) is 5.32 Å². The van der Waals surface area contributed by atoms with Crippen molar-refractivity contribution in [3.8, 4) is 5.75 Å². The summed E-state index contributed by atoms with van der Waals surface area (Å²) in [5, 5.41) is 3.99. The van der Waals surface area contributed by atoms with Gasteiger partial charge in [-0.2, -0.15) is 0 Å². The van der Waals surface area contributed by atoms with Gasteiger partial charge in [0.15, 0.2) is 0 Å². The van der Waals surface area contributed by atoms with E-state index in [1.165, 1.54) is 5.56 Å².